The smallest absolute Gasteiger partial charge is 0.335 e. The molecule has 1 N–H and O–H groups in total. The number of likely N-dealkylation sites (N-methyl/N-ethyl adjacent to an activating group) is 1. The molecule has 0 saturated heterocycles. The quantitative estimate of drug-likeness (QED) is 0.558. The predicted octanol–water partition coefficient (Wildman–Crippen LogP) is 5.12. The molecule has 0 bridgehead atoms. The van der Waals surface area contributed by atoms with Crippen molar-refractivity contribution in [2.45, 2.75) is 19.4 Å². The number of halogens is 2. The molecule has 6 nitrogen and oxygen atoms in total. The van der Waals surface area contributed by atoms with Gasteiger partial charge >= 0.3 is 5.97 Å². The summed E-state index contributed by atoms with van der Waals surface area (Å²) in [5.74, 6) is -0.440. The minimum Gasteiger partial charge on any atom is -0.489 e. The highest BCUT2D eigenvalue weighted by Crippen LogP contribution is 2.41. The van der Waals surface area contributed by atoms with E-state index in [-0.39, 0.29) is 10.6 Å². The van der Waals surface area contributed by atoms with Gasteiger partial charge in [0.15, 0.2) is 0 Å². The second-order valence-electron chi connectivity index (χ2n) is 8.10. The zero-order valence-electron chi connectivity index (χ0n) is 16.9. The van der Waals surface area contributed by atoms with E-state index < -0.39 is 11.8 Å². The van der Waals surface area contributed by atoms with Crippen LogP contribution in [-0.4, -0.2) is 42.1 Å². The summed E-state index contributed by atoms with van der Waals surface area (Å²) in [4.78, 5) is 18.2. The number of carboxylic acids is 1. The fraction of sp³-hybridized carbons (Fsp3) is 0.304. The summed E-state index contributed by atoms with van der Waals surface area (Å²) >= 11 is 6.31. The lowest BCUT2D eigenvalue weighted by molar-refractivity contribution is 0.0696. The molecule has 1 aromatic heterocycles. The Morgan fingerprint density at radius 3 is 2.90 bits per heavy atom. The summed E-state index contributed by atoms with van der Waals surface area (Å²) < 4.78 is 21.8. The first-order valence-corrected chi connectivity index (χ1v) is 10.6. The maximum Gasteiger partial charge on any atom is 0.335 e. The van der Waals surface area contributed by atoms with E-state index in [1.807, 2.05) is 22.6 Å². The van der Waals surface area contributed by atoms with Crippen molar-refractivity contribution in [3.8, 4) is 5.75 Å². The molecule has 0 atom stereocenters. The van der Waals surface area contributed by atoms with Gasteiger partial charge in [-0.15, -0.1) is 0 Å². The number of rotatable bonds is 5. The molecular formula is C23H21ClFN3O3. The molecular weight excluding hydrogens is 421 g/mol. The predicted molar refractivity (Wildman–Crippen MR) is 119 cm³/mol. The number of fused-ring (bicyclic) bond motifs is 2. The maximum absolute atomic E-state index is 14.1. The van der Waals surface area contributed by atoms with Crippen molar-refractivity contribution in [1.29, 1.82) is 0 Å². The minimum atomic E-state index is -1.04. The summed E-state index contributed by atoms with van der Waals surface area (Å²) in [5, 5.41) is 10.4. The van der Waals surface area contributed by atoms with E-state index in [0.29, 0.717) is 36.0 Å². The first-order chi connectivity index (χ1) is 14.9. The Kier molecular flexibility index (Phi) is 4.85. The lowest BCUT2D eigenvalue weighted by Crippen LogP contribution is -2.29. The summed E-state index contributed by atoms with van der Waals surface area (Å²) in [6, 6.07) is 8.08. The molecule has 3 aromatic rings. The van der Waals surface area contributed by atoms with Crippen LogP contribution >= 0.6 is 11.6 Å². The Morgan fingerprint density at radius 2 is 2.16 bits per heavy atom. The van der Waals surface area contributed by atoms with Crippen LogP contribution in [0.25, 0.3) is 10.9 Å². The number of benzene rings is 2. The van der Waals surface area contributed by atoms with Crippen molar-refractivity contribution in [1.82, 2.24) is 4.57 Å². The fourth-order valence-electron chi connectivity index (χ4n) is 4.02. The number of aromatic nitrogens is 1. The van der Waals surface area contributed by atoms with E-state index in [0.717, 1.165) is 36.2 Å². The molecule has 0 spiro atoms. The second kappa shape index (κ2) is 7.57. The molecule has 0 radical (unpaired) electrons. The van der Waals surface area contributed by atoms with Crippen LogP contribution < -0.4 is 9.64 Å². The molecule has 0 unspecified atom stereocenters. The summed E-state index contributed by atoms with van der Waals surface area (Å²) in [5.41, 5.74) is 2.84. The van der Waals surface area contributed by atoms with Gasteiger partial charge in [0.1, 0.15) is 28.9 Å². The van der Waals surface area contributed by atoms with Crippen LogP contribution in [0, 0.1) is 11.7 Å². The third-order valence-electron chi connectivity index (χ3n) is 5.83. The van der Waals surface area contributed by atoms with E-state index in [2.05, 4.69) is 4.99 Å². The molecule has 5 rings (SSSR count). The van der Waals surface area contributed by atoms with Crippen molar-refractivity contribution in [3.63, 3.8) is 0 Å². The highest BCUT2D eigenvalue weighted by atomic mass is 35.5. The lowest BCUT2D eigenvalue weighted by Gasteiger charge is -2.29. The van der Waals surface area contributed by atoms with Crippen LogP contribution in [0.3, 0.4) is 0 Å². The van der Waals surface area contributed by atoms with Gasteiger partial charge in [-0.25, -0.2) is 9.18 Å². The van der Waals surface area contributed by atoms with Gasteiger partial charge in [-0.05, 0) is 49.1 Å². The molecule has 8 heteroatoms. The minimum absolute atomic E-state index is 0.108. The van der Waals surface area contributed by atoms with Gasteiger partial charge in [-0.1, -0.05) is 11.6 Å². The molecule has 1 aliphatic heterocycles. The zero-order chi connectivity index (χ0) is 21.7. The Morgan fingerprint density at radius 1 is 1.35 bits per heavy atom. The van der Waals surface area contributed by atoms with Crippen LogP contribution in [-0.2, 0) is 6.54 Å². The second-order valence-corrected chi connectivity index (χ2v) is 8.48. The highest BCUT2D eigenvalue weighted by Gasteiger charge is 2.25. The van der Waals surface area contributed by atoms with Gasteiger partial charge in [0.25, 0.3) is 0 Å². The number of ether oxygens (including phenoxy) is 1. The molecule has 2 aromatic carbocycles. The lowest BCUT2D eigenvalue weighted by atomic mass is 10.1. The van der Waals surface area contributed by atoms with Gasteiger partial charge in [0.05, 0.1) is 35.2 Å². The molecule has 160 valence electrons. The number of hydrogen-bond acceptors (Lipinski definition) is 4. The van der Waals surface area contributed by atoms with Gasteiger partial charge in [-0.3, -0.25) is 4.99 Å². The van der Waals surface area contributed by atoms with Crippen molar-refractivity contribution < 1.29 is 19.0 Å². The van der Waals surface area contributed by atoms with Crippen LogP contribution in [0.15, 0.2) is 35.3 Å². The van der Waals surface area contributed by atoms with Crippen molar-refractivity contribution in [3.05, 3.63) is 52.4 Å². The summed E-state index contributed by atoms with van der Waals surface area (Å²) in [6.45, 7) is 1.90. The maximum atomic E-state index is 14.1. The average molecular weight is 442 g/mol. The number of nitrogens with zero attached hydrogens (tertiary/aromatic N) is 3. The van der Waals surface area contributed by atoms with Gasteiger partial charge in [0.2, 0.25) is 0 Å². The van der Waals surface area contributed by atoms with Crippen LogP contribution in [0.1, 0.15) is 28.9 Å². The van der Waals surface area contributed by atoms with E-state index in [4.69, 9.17) is 16.3 Å². The molecule has 1 aliphatic carbocycles. The number of carbonyl (C=O) groups is 1. The first kappa shape index (κ1) is 19.9. The van der Waals surface area contributed by atoms with Gasteiger partial charge in [-0.2, -0.15) is 0 Å². The topological polar surface area (TPSA) is 67.1 Å². The van der Waals surface area contributed by atoms with E-state index in [9.17, 15) is 14.3 Å². The molecule has 2 aliphatic rings. The van der Waals surface area contributed by atoms with E-state index in [1.165, 1.54) is 12.1 Å². The van der Waals surface area contributed by atoms with Crippen molar-refractivity contribution >= 4 is 46.1 Å². The zero-order valence-corrected chi connectivity index (χ0v) is 17.7. The Labute approximate surface area is 183 Å². The van der Waals surface area contributed by atoms with Gasteiger partial charge < -0.3 is 19.3 Å². The molecule has 1 fully saturated rings. The average Bonchev–Trinajstić information content (AvgIpc) is 3.49. The summed E-state index contributed by atoms with van der Waals surface area (Å²) in [7, 11) is 1.92. The van der Waals surface area contributed by atoms with Crippen LogP contribution in [0.2, 0.25) is 5.02 Å². The number of anilines is 1. The monoisotopic (exact) mass is 441 g/mol. The molecule has 0 amide bonds. The third kappa shape index (κ3) is 3.63. The van der Waals surface area contributed by atoms with Crippen LogP contribution in [0.4, 0.5) is 15.8 Å². The highest BCUT2D eigenvalue weighted by molar-refractivity contribution is 6.35. The summed E-state index contributed by atoms with van der Waals surface area (Å²) in [6.07, 6.45) is 3.97. The van der Waals surface area contributed by atoms with E-state index >= 15 is 0 Å². The Bertz CT molecular complexity index is 1230. The number of aromatic carboxylic acids is 1. The SMILES string of the molecule is CN1CCOc2cc(C(=O)O)cc(/N=C/c3cc4ccc(F)c(Cl)c4n3CC3CC3)c21. The number of carboxylic acid groups (broad SMARTS) is 1. The normalized spacial score (nSPS) is 16.0. The van der Waals surface area contributed by atoms with Crippen molar-refractivity contribution in [2.75, 3.05) is 25.1 Å². The van der Waals surface area contributed by atoms with Crippen molar-refractivity contribution in [2.24, 2.45) is 10.9 Å². The Balaban J connectivity index is 1.63. The molecule has 2 heterocycles. The fourth-order valence-corrected chi connectivity index (χ4v) is 4.30. The Hall–Kier alpha value is -3.06. The number of aliphatic imine (C=N–C) groups is 1. The standard InChI is InChI=1S/C23H21ClFN3O3/c1-27-6-7-31-19-10-15(23(29)30)9-18(22(19)27)26-11-16-8-14-4-5-17(25)20(24)21(14)28(16)12-13-2-3-13/h4-5,8-11,13H,2-3,6-7,12H2,1H3,(H,29,30)/b26-11+. The third-order valence-corrected chi connectivity index (χ3v) is 6.19. The molecule has 1 saturated carbocycles. The van der Waals surface area contributed by atoms with E-state index in [1.54, 1.807) is 18.3 Å². The largest absolute Gasteiger partial charge is 0.489 e. The van der Waals surface area contributed by atoms with Gasteiger partial charge in [0, 0.05) is 19.0 Å². The number of hydrogen-bond donors (Lipinski definition) is 1. The molecule has 31 heavy (non-hydrogen) atoms. The van der Waals surface area contributed by atoms with Crippen LogP contribution in [0.5, 0.6) is 5.75 Å². The first-order valence-electron chi connectivity index (χ1n) is 10.2.